The molecule has 118 valence electrons. The van der Waals surface area contributed by atoms with Gasteiger partial charge in [0.1, 0.15) is 0 Å². The van der Waals surface area contributed by atoms with E-state index in [0.717, 1.165) is 16.8 Å². The van der Waals surface area contributed by atoms with Crippen LogP contribution >= 0.6 is 12.4 Å². The van der Waals surface area contributed by atoms with Crippen molar-refractivity contribution in [1.82, 2.24) is 4.90 Å². The molecule has 0 aliphatic rings. The highest BCUT2D eigenvalue weighted by molar-refractivity contribution is 5.95. The van der Waals surface area contributed by atoms with Crippen LogP contribution in [-0.4, -0.2) is 36.9 Å². The second-order valence-electron chi connectivity index (χ2n) is 4.96. The number of nitrogens with one attached hydrogen (secondary N) is 1. The molecule has 2 amide bonds. The third-order valence-corrected chi connectivity index (χ3v) is 3.15. The Balaban J connectivity index is 0.00000400. The molecule has 21 heavy (non-hydrogen) atoms. The first-order valence-corrected chi connectivity index (χ1v) is 6.75. The van der Waals surface area contributed by atoms with Gasteiger partial charge in [-0.2, -0.15) is 0 Å². The Kier molecular flexibility index (Phi) is 8.66. The minimum atomic E-state index is -0.189. The van der Waals surface area contributed by atoms with Gasteiger partial charge in [0.2, 0.25) is 11.8 Å². The molecule has 0 spiro atoms. The van der Waals surface area contributed by atoms with Crippen molar-refractivity contribution in [3.8, 4) is 0 Å². The molecule has 5 nitrogen and oxygen atoms in total. The van der Waals surface area contributed by atoms with Crippen LogP contribution in [0.15, 0.2) is 18.2 Å². The van der Waals surface area contributed by atoms with Crippen LogP contribution < -0.4 is 11.1 Å². The zero-order chi connectivity index (χ0) is 15.1. The molecule has 0 saturated carbocycles. The number of halogens is 1. The lowest BCUT2D eigenvalue weighted by atomic mass is 10.1. The number of amides is 2. The topological polar surface area (TPSA) is 75.4 Å². The lowest BCUT2D eigenvalue weighted by Gasteiger charge is -2.18. The fourth-order valence-corrected chi connectivity index (χ4v) is 1.94. The molecular weight excluding hydrogens is 290 g/mol. The van der Waals surface area contributed by atoms with Gasteiger partial charge in [-0.3, -0.25) is 9.59 Å². The number of carbonyl (C=O) groups is 2. The highest BCUT2D eigenvalue weighted by Gasteiger charge is 2.13. The van der Waals surface area contributed by atoms with E-state index in [0.29, 0.717) is 19.4 Å². The van der Waals surface area contributed by atoms with Gasteiger partial charge < -0.3 is 16.0 Å². The monoisotopic (exact) mass is 313 g/mol. The van der Waals surface area contributed by atoms with Crippen molar-refractivity contribution in [3.63, 3.8) is 0 Å². The average molecular weight is 314 g/mol. The molecule has 3 N–H and O–H groups in total. The molecule has 1 rings (SSSR count). The normalized spacial score (nSPS) is 9.71. The fraction of sp³-hybridized carbons (Fsp3) is 0.467. The summed E-state index contributed by atoms with van der Waals surface area (Å²) in [5.74, 6) is -0.252. The number of rotatable bonds is 6. The van der Waals surface area contributed by atoms with Gasteiger partial charge in [-0.15, -0.1) is 12.4 Å². The van der Waals surface area contributed by atoms with E-state index in [2.05, 4.69) is 5.32 Å². The average Bonchev–Trinajstić information content (AvgIpc) is 2.40. The number of aryl methyl sites for hydroxylation is 2. The van der Waals surface area contributed by atoms with Gasteiger partial charge in [-0.25, -0.2) is 0 Å². The molecule has 0 saturated heterocycles. The summed E-state index contributed by atoms with van der Waals surface area (Å²) >= 11 is 0. The zero-order valence-corrected chi connectivity index (χ0v) is 13.6. The van der Waals surface area contributed by atoms with E-state index >= 15 is 0 Å². The maximum absolute atomic E-state index is 12.0. The van der Waals surface area contributed by atoms with Gasteiger partial charge in [0.25, 0.3) is 0 Å². The van der Waals surface area contributed by atoms with Crippen molar-refractivity contribution < 1.29 is 9.59 Å². The van der Waals surface area contributed by atoms with Crippen LogP contribution in [0.25, 0.3) is 0 Å². The summed E-state index contributed by atoms with van der Waals surface area (Å²) in [6.45, 7) is 4.42. The van der Waals surface area contributed by atoms with Crippen LogP contribution in [0.5, 0.6) is 0 Å². The molecule has 0 heterocycles. The largest absolute Gasteiger partial charge is 0.336 e. The molecule has 0 fully saturated rings. The quantitative estimate of drug-likeness (QED) is 0.841. The maximum atomic E-state index is 12.0. The summed E-state index contributed by atoms with van der Waals surface area (Å²) in [5, 5.41) is 2.86. The van der Waals surface area contributed by atoms with Gasteiger partial charge in [0.05, 0.1) is 6.54 Å². The van der Waals surface area contributed by atoms with Gasteiger partial charge in [0.15, 0.2) is 0 Å². The highest BCUT2D eigenvalue weighted by Crippen LogP contribution is 2.19. The lowest BCUT2D eigenvalue weighted by Crippen LogP contribution is -2.35. The third kappa shape index (κ3) is 6.14. The molecule has 0 aromatic heterocycles. The standard InChI is InChI=1S/C15H23N3O2.ClH/c1-11-6-4-7-12(2)15(11)17-13(19)10-18(3)14(20)8-5-9-16;/h4,6-7H,5,8-10,16H2,1-3H3,(H,17,19);1H. The van der Waals surface area contributed by atoms with E-state index in [-0.39, 0.29) is 30.8 Å². The second-order valence-corrected chi connectivity index (χ2v) is 4.96. The molecule has 0 aliphatic carbocycles. The first-order chi connectivity index (χ1) is 9.45. The summed E-state index contributed by atoms with van der Waals surface area (Å²) in [5.41, 5.74) is 8.20. The second kappa shape index (κ2) is 9.37. The van der Waals surface area contributed by atoms with Crippen molar-refractivity contribution >= 4 is 29.9 Å². The number of hydrogen-bond acceptors (Lipinski definition) is 3. The molecule has 6 heteroatoms. The molecule has 0 unspecified atom stereocenters. The number of nitrogens with zero attached hydrogens (tertiary/aromatic N) is 1. The predicted molar refractivity (Wildman–Crippen MR) is 87.7 cm³/mol. The maximum Gasteiger partial charge on any atom is 0.243 e. The summed E-state index contributed by atoms with van der Waals surface area (Å²) in [6, 6.07) is 5.83. The van der Waals surface area contributed by atoms with Crippen LogP contribution in [0.4, 0.5) is 5.69 Å². The van der Waals surface area contributed by atoms with E-state index in [4.69, 9.17) is 5.73 Å². The van der Waals surface area contributed by atoms with Crippen molar-refractivity contribution in [1.29, 1.82) is 0 Å². The van der Waals surface area contributed by atoms with Crippen molar-refractivity contribution in [3.05, 3.63) is 29.3 Å². The van der Waals surface area contributed by atoms with Crippen LogP contribution in [-0.2, 0) is 9.59 Å². The number of anilines is 1. The van der Waals surface area contributed by atoms with Crippen molar-refractivity contribution in [2.75, 3.05) is 25.5 Å². The van der Waals surface area contributed by atoms with Gasteiger partial charge >= 0.3 is 0 Å². The Bertz CT molecular complexity index is 472. The minimum Gasteiger partial charge on any atom is -0.336 e. The lowest BCUT2D eigenvalue weighted by molar-refractivity contribution is -0.133. The molecule has 0 atom stereocenters. The molecular formula is C15H24ClN3O2. The number of carbonyl (C=O) groups excluding carboxylic acids is 2. The smallest absolute Gasteiger partial charge is 0.243 e. The van der Waals surface area contributed by atoms with Crippen LogP contribution in [0.2, 0.25) is 0 Å². The SMILES string of the molecule is Cc1cccc(C)c1NC(=O)CN(C)C(=O)CCCN.Cl. The number of para-hydroxylation sites is 1. The van der Waals surface area contributed by atoms with Crippen LogP contribution in [0.1, 0.15) is 24.0 Å². The van der Waals surface area contributed by atoms with Gasteiger partial charge in [0, 0.05) is 19.2 Å². The summed E-state index contributed by atoms with van der Waals surface area (Å²) in [4.78, 5) is 25.1. The van der Waals surface area contributed by atoms with Crippen LogP contribution in [0, 0.1) is 13.8 Å². The van der Waals surface area contributed by atoms with E-state index in [9.17, 15) is 9.59 Å². The van der Waals surface area contributed by atoms with Crippen molar-refractivity contribution in [2.45, 2.75) is 26.7 Å². The third-order valence-electron chi connectivity index (χ3n) is 3.15. The Morgan fingerprint density at radius 3 is 2.33 bits per heavy atom. The van der Waals surface area contributed by atoms with Gasteiger partial charge in [-0.1, -0.05) is 18.2 Å². The molecule has 0 radical (unpaired) electrons. The predicted octanol–water partition coefficient (Wildman–Crippen LogP) is 1.86. The first-order valence-electron chi connectivity index (χ1n) is 6.75. The molecule has 0 bridgehead atoms. The Morgan fingerprint density at radius 1 is 1.24 bits per heavy atom. The van der Waals surface area contributed by atoms with Crippen LogP contribution in [0.3, 0.4) is 0 Å². The summed E-state index contributed by atoms with van der Waals surface area (Å²) in [7, 11) is 1.63. The minimum absolute atomic E-state index is 0. The fourth-order valence-electron chi connectivity index (χ4n) is 1.94. The Labute approximate surface area is 132 Å². The van der Waals surface area contributed by atoms with E-state index in [1.54, 1.807) is 7.05 Å². The molecule has 0 aliphatic heterocycles. The Morgan fingerprint density at radius 2 is 1.81 bits per heavy atom. The molecule has 1 aromatic rings. The number of nitrogens with two attached hydrogens (primary N) is 1. The van der Waals surface area contributed by atoms with E-state index in [1.165, 1.54) is 4.90 Å². The van der Waals surface area contributed by atoms with E-state index in [1.807, 2.05) is 32.0 Å². The first kappa shape index (κ1) is 19.4. The van der Waals surface area contributed by atoms with E-state index < -0.39 is 0 Å². The highest BCUT2D eigenvalue weighted by atomic mass is 35.5. The summed E-state index contributed by atoms with van der Waals surface area (Å²) in [6.07, 6.45) is 1.02. The zero-order valence-electron chi connectivity index (χ0n) is 12.8. The van der Waals surface area contributed by atoms with Crippen molar-refractivity contribution in [2.24, 2.45) is 5.73 Å². The van der Waals surface area contributed by atoms with Gasteiger partial charge in [-0.05, 0) is 37.9 Å². The number of likely N-dealkylation sites (N-methyl/N-ethyl adjacent to an activating group) is 1. The molecule has 1 aromatic carbocycles. The Hall–Kier alpha value is -1.59. The number of benzene rings is 1. The number of hydrogen-bond donors (Lipinski definition) is 2. The summed E-state index contributed by atoms with van der Waals surface area (Å²) < 4.78 is 0.